The maximum Gasteiger partial charge on any atom is 0.253 e. The molecule has 0 unspecified atom stereocenters. The van der Waals surface area contributed by atoms with Crippen LogP contribution in [0.5, 0.6) is 11.5 Å². The summed E-state index contributed by atoms with van der Waals surface area (Å²) in [5.74, 6) is 0.631. The van der Waals surface area contributed by atoms with Crippen molar-refractivity contribution in [2.75, 3.05) is 19.7 Å². The summed E-state index contributed by atoms with van der Waals surface area (Å²) in [6, 6.07) is 14.0. The van der Waals surface area contributed by atoms with Crippen LogP contribution in [-0.4, -0.2) is 37.6 Å². The lowest BCUT2D eigenvalue weighted by molar-refractivity contribution is -0.120. The summed E-state index contributed by atoms with van der Waals surface area (Å²) in [6.45, 7) is 0.493. The average Bonchev–Trinajstić information content (AvgIpc) is 2.64. The lowest BCUT2D eigenvalue weighted by Gasteiger charge is -2.26. The van der Waals surface area contributed by atoms with Gasteiger partial charge in [-0.25, -0.2) is 0 Å². The summed E-state index contributed by atoms with van der Waals surface area (Å²) in [5, 5.41) is 5.59. The van der Waals surface area contributed by atoms with Crippen molar-refractivity contribution in [1.82, 2.24) is 10.6 Å². The van der Waals surface area contributed by atoms with Crippen molar-refractivity contribution in [1.29, 1.82) is 0 Å². The molecule has 25 heavy (non-hydrogen) atoms. The lowest BCUT2D eigenvalue weighted by atomic mass is 10.2. The number of benzene rings is 2. The topological polar surface area (TPSA) is 76.7 Å². The van der Waals surface area contributed by atoms with Gasteiger partial charge in [-0.2, -0.15) is 0 Å². The van der Waals surface area contributed by atoms with Gasteiger partial charge in [0.05, 0.1) is 23.7 Å². The maximum absolute atomic E-state index is 12.0. The number of halogens is 1. The van der Waals surface area contributed by atoms with Crippen LogP contribution in [0.1, 0.15) is 10.4 Å². The third kappa shape index (κ3) is 4.42. The molecular formula is C18H17ClN2O4. The molecule has 0 bridgehead atoms. The molecule has 2 aromatic carbocycles. The average molecular weight is 361 g/mol. The summed E-state index contributed by atoms with van der Waals surface area (Å²) >= 11 is 5.95. The standard InChI is InChI=1S/C18H17ClN2O4/c19-14-6-2-1-5-13(14)18(23)21-10-17(22)20-9-12-11-24-15-7-3-4-8-16(15)25-12/h1-8,12H,9-11H2,(H,20,22)(H,21,23)/t12-/m0/s1. The van der Waals surface area contributed by atoms with Crippen LogP contribution < -0.4 is 20.1 Å². The van der Waals surface area contributed by atoms with Gasteiger partial charge in [-0.3, -0.25) is 9.59 Å². The number of ether oxygens (including phenoxy) is 2. The second-order valence-corrected chi connectivity index (χ2v) is 5.87. The van der Waals surface area contributed by atoms with Gasteiger partial charge in [0.1, 0.15) is 12.7 Å². The fourth-order valence-corrected chi connectivity index (χ4v) is 2.58. The van der Waals surface area contributed by atoms with Gasteiger partial charge in [-0.1, -0.05) is 35.9 Å². The van der Waals surface area contributed by atoms with Crippen molar-refractivity contribution in [3.8, 4) is 11.5 Å². The number of fused-ring (bicyclic) bond motifs is 1. The minimum absolute atomic E-state index is 0.145. The molecule has 6 nitrogen and oxygen atoms in total. The van der Waals surface area contributed by atoms with E-state index >= 15 is 0 Å². The van der Waals surface area contributed by atoms with Crippen molar-refractivity contribution in [3.63, 3.8) is 0 Å². The van der Waals surface area contributed by atoms with Gasteiger partial charge in [0.2, 0.25) is 5.91 Å². The lowest BCUT2D eigenvalue weighted by Crippen LogP contribution is -2.44. The summed E-state index contributed by atoms with van der Waals surface area (Å²) < 4.78 is 11.3. The highest BCUT2D eigenvalue weighted by Crippen LogP contribution is 2.30. The predicted octanol–water partition coefficient (Wildman–Crippen LogP) is 2.03. The van der Waals surface area contributed by atoms with E-state index in [1.54, 1.807) is 24.3 Å². The predicted molar refractivity (Wildman–Crippen MR) is 93.1 cm³/mol. The Hall–Kier alpha value is -2.73. The molecule has 1 heterocycles. The van der Waals surface area contributed by atoms with E-state index in [0.717, 1.165) is 0 Å². The first kappa shape index (κ1) is 17.1. The van der Waals surface area contributed by atoms with Gasteiger partial charge < -0.3 is 20.1 Å². The van der Waals surface area contributed by atoms with E-state index in [-0.39, 0.29) is 25.1 Å². The quantitative estimate of drug-likeness (QED) is 0.855. The molecule has 0 aliphatic carbocycles. The third-order valence-electron chi connectivity index (χ3n) is 3.62. The summed E-state index contributed by atoms with van der Waals surface area (Å²) in [4.78, 5) is 23.9. The molecule has 0 saturated carbocycles. The smallest absolute Gasteiger partial charge is 0.253 e. The zero-order valence-electron chi connectivity index (χ0n) is 13.3. The Morgan fingerprint density at radius 2 is 1.76 bits per heavy atom. The van der Waals surface area contributed by atoms with Crippen molar-refractivity contribution in [2.24, 2.45) is 0 Å². The molecule has 0 fully saturated rings. The monoisotopic (exact) mass is 360 g/mol. The highest BCUT2D eigenvalue weighted by atomic mass is 35.5. The van der Waals surface area contributed by atoms with E-state index in [1.165, 1.54) is 0 Å². The Morgan fingerprint density at radius 3 is 2.56 bits per heavy atom. The van der Waals surface area contributed by atoms with Crippen LogP contribution in [0.3, 0.4) is 0 Å². The second kappa shape index (κ2) is 7.90. The number of hydrogen-bond acceptors (Lipinski definition) is 4. The van der Waals surface area contributed by atoms with Crippen LogP contribution >= 0.6 is 11.6 Å². The number of carbonyl (C=O) groups is 2. The zero-order valence-corrected chi connectivity index (χ0v) is 14.1. The molecule has 7 heteroatoms. The fourth-order valence-electron chi connectivity index (χ4n) is 2.35. The molecular weight excluding hydrogens is 344 g/mol. The SMILES string of the molecule is O=C(CNC(=O)c1ccccc1Cl)NC[C@H]1COc2ccccc2O1. The van der Waals surface area contributed by atoms with Gasteiger partial charge in [-0.05, 0) is 24.3 Å². The van der Waals surface area contributed by atoms with Gasteiger partial charge >= 0.3 is 0 Å². The summed E-state index contributed by atoms with van der Waals surface area (Å²) in [7, 11) is 0. The van der Waals surface area contributed by atoms with Gasteiger partial charge in [0.15, 0.2) is 11.5 Å². The highest BCUT2D eigenvalue weighted by molar-refractivity contribution is 6.33. The molecule has 130 valence electrons. The van der Waals surface area contributed by atoms with E-state index < -0.39 is 5.91 Å². The Kier molecular flexibility index (Phi) is 5.40. The Morgan fingerprint density at radius 1 is 1.04 bits per heavy atom. The molecule has 1 atom stereocenters. The molecule has 2 amide bonds. The minimum atomic E-state index is -0.396. The van der Waals surface area contributed by atoms with Crippen molar-refractivity contribution in [3.05, 3.63) is 59.1 Å². The van der Waals surface area contributed by atoms with E-state index in [1.807, 2.05) is 24.3 Å². The maximum atomic E-state index is 12.0. The Balaban J connectivity index is 1.43. The van der Waals surface area contributed by atoms with Crippen LogP contribution in [0.15, 0.2) is 48.5 Å². The molecule has 3 rings (SSSR count). The Bertz CT molecular complexity index is 781. The number of nitrogens with one attached hydrogen (secondary N) is 2. The summed E-state index contributed by atoms with van der Waals surface area (Å²) in [6.07, 6.45) is -0.280. The molecule has 2 aromatic rings. The molecule has 1 aliphatic heterocycles. The van der Waals surface area contributed by atoms with Gasteiger partial charge in [-0.15, -0.1) is 0 Å². The van der Waals surface area contributed by atoms with E-state index in [2.05, 4.69) is 10.6 Å². The van der Waals surface area contributed by atoms with Crippen LogP contribution in [0, 0.1) is 0 Å². The van der Waals surface area contributed by atoms with E-state index in [4.69, 9.17) is 21.1 Å². The molecule has 0 saturated heterocycles. The third-order valence-corrected chi connectivity index (χ3v) is 3.95. The number of hydrogen-bond donors (Lipinski definition) is 2. The summed E-state index contributed by atoms with van der Waals surface area (Å²) in [5.41, 5.74) is 0.331. The molecule has 0 aromatic heterocycles. The second-order valence-electron chi connectivity index (χ2n) is 5.46. The van der Waals surface area contributed by atoms with Crippen molar-refractivity contribution < 1.29 is 19.1 Å². The first-order valence-electron chi connectivity index (χ1n) is 7.81. The van der Waals surface area contributed by atoms with Gasteiger partial charge in [0, 0.05) is 0 Å². The fraction of sp³-hybridized carbons (Fsp3) is 0.222. The van der Waals surface area contributed by atoms with Crippen LogP contribution in [-0.2, 0) is 4.79 Å². The number of amides is 2. The van der Waals surface area contributed by atoms with Gasteiger partial charge in [0.25, 0.3) is 5.91 Å². The number of para-hydroxylation sites is 2. The first-order chi connectivity index (χ1) is 12.1. The normalized spacial score (nSPS) is 15.3. The minimum Gasteiger partial charge on any atom is -0.486 e. The van der Waals surface area contributed by atoms with Crippen LogP contribution in [0.25, 0.3) is 0 Å². The van der Waals surface area contributed by atoms with E-state index in [0.29, 0.717) is 28.7 Å². The molecule has 1 aliphatic rings. The number of carbonyl (C=O) groups excluding carboxylic acids is 2. The zero-order chi connectivity index (χ0) is 17.6. The molecule has 2 N–H and O–H groups in total. The van der Waals surface area contributed by atoms with Crippen LogP contribution in [0.2, 0.25) is 5.02 Å². The Labute approximate surface area is 150 Å². The van der Waals surface area contributed by atoms with Crippen LogP contribution in [0.4, 0.5) is 0 Å². The molecule has 0 radical (unpaired) electrons. The first-order valence-corrected chi connectivity index (χ1v) is 8.19. The molecule has 0 spiro atoms. The van der Waals surface area contributed by atoms with E-state index in [9.17, 15) is 9.59 Å². The highest BCUT2D eigenvalue weighted by Gasteiger charge is 2.21. The largest absolute Gasteiger partial charge is 0.486 e. The van der Waals surface area contributed by atoms with Crippen molar-refractivity contribution >= 4 is 23.4 Å². The number of rotatable bonds is 5. The van der Waals surface area contributed by atoms with Crippen molar-refractivity contribution in [2.45, 2.75) is 6.10 Å².